The molecule has 0 atom stereocenters. The fourth-order valence-corrected chi connectivity index (χ4v) is 2.73. The van der Waals surface area contributed by atoms with E-state index in [2.05, 4.69) is 56.9 Å². The maximum absolute atomic E-state index is 4.67. The molecule has 0 saturated heterocycles. The lowest BCUT2D eigenvalue weighted by molar-refractivity contribution is 0.604. The average Bonchev–Trinajstić information content (AvgIpc) is 2.61. The normalized spacial score (nSPS) is 11.8. The maximum Gasteiger partial charge on any atom is 0.0904 e. The van der Waals surface area contributed by atoms with Gasteiger partial charge >= 0.3 is 0 Å². The van der Waals surface area contributed by atoms with E-state index in [-0.39, 0.29) is 5.41 Å². The summed E-state index contributed by atoms with van der Waals surface area (Å²) in [4.78, 5) is 6.04. The van der Waals surface area contributed by atoms with E-state index in [0.717, 1.165) is 10.7 Å². The third-order valence-corrected chi connectivity index (χ3v) is 3.86. The number of nitrogens with zero attached hydrogens (tertiary/aromatic N) is 1. The van der Waals surface area contributed by atoms with Crippen molar-refractivity contribution in [3.63, 3.8) is 0 Å². The van der Waals surface area contributed by atoms with Gasteiger partial charge in [-0.3, -0.25) is 0 Å². The summed E-state index contributed by atoms with van der Waals surface area (Å²) < 4.78 is 0. The Balaban J connectivity index is 2.58. The molecular weight excluding hydrogens is 214 g/mol. The minimum absolute atomic E-state index is 0.164. The zero-order chi connectivity index (χ0) is 11.8. The van der Waals surface area contributed by atoms with E-state index < -0.39 is 0 Å². The van der Waals surface area contributed by atoms with Crippen LogP contribution in [0, 0.1) is 6.92 Å². The molecule has 84 valence electrons. The van der Waals surface area contributed by atoms with Crippen LogP contribution in [0.2, 0.25) is 0 Å². The fraction of sp³-hybridized carbons (Fsp3) is 0.357. The van der Waals surface area contributed by atoms with Gasteiger partial charge in [0.25, 0.3) is 0 Å². The Morgan fingerprint density at radius 2 is 1.69 bits per heavy atom. The third kappa shape index (κ3) is 2.17. The Morgan fingerprint density at radius 1 is 1.06 bits per heavy atom. The third-order valence-electron chi connectivity index (χ3n) is 2.46. The molecule has 0 saturated carbocycles. The Bertz CT molecular complexity index is 477. The Morgan fingerprint density at radius 3 is 2.25 bits per heavy atom. The fourth-order valence-electron chi connectivity index (χ4n) is 1.73. The van der Waals surface area contributed by atoms with E-state index in [1.165, 1.54) is 10.4 Å². The van der Waals surface area contributed by atoms with E-state index >= 15 is 0 Å². The van der Waals surface area contributed by atoms with Gasteiger partial charge in [0.1, 0.15) is 0 Å². The standard InChI is InChI=1S/C14H17NS/c1-10-15-12(11-8-6-5-7-9-11)13(16-10)14(2,3)4/h5-9H,1-4H3. The highest BCUT2D eigenvalue weighted by molar-refractivity contribution is 7.12. The first-order chi connectivity index (χ1) is 7.48. The van der Waals surface area contributed by atoms with Gasteiger partial charge in [-0.1, -0.05) is 51.1 Å². The Kier molecular flexibility index (Phi) is 2.85. The SMILES string of the molecule is Cc1nc(-c2ccccc2)c(C(C)(C)C)s1. The summed E-state index contributed by atoms with van der Waals surface area (Å²) in [6, 6.07) is 10.4. The van der Waals surface area contributed by atoms with Gasteiger partial charge in [0.2, 0.25) is 0 Å². The molecular formula is C14H17NS. The second kappa shape index (κ2) is 4.02. The molecule has 2 aromatic rings. The predicted octanol–water partition coefficient (Wildman–Crippen LogP) is 4.42. The summed E-state index contributed by atoms with van der Waals surface area (Å²) in [6.45, 7) is 8.80. The molecule has 1 aromatic heterocycles. The van der Waals surface area contributed by atoms with Crippen molar-refractivity contribution in [1.29, 1.82) is 0 Å². The topological polar surface area (TPSA) is 12.9 Å². The van der Waals surface area contributed by atoms with Crippen molar-refractivity contribution < 1.29 is 0 Å². The smallest absolute Gasteiger partial charge is 0.0904 e. The number of benzene rings is 1. The van der Waals surface area contributed by atoms with Crippen molar-refractivity contribution >= 4 is 11.3 Å². The Hall–Kier alpha value is -1.15. The van der Waals surface area contributed by atoms with Gasteiger partial charge in [-0.05, 0) is 12.3 Å². The van der Waals surface area contributed by atoms with E-state index in [1.54, 1.807) is 11.3 Å². The molecule has 0 aliphatic rings. The molecule has 0 aliphatic carbocycles. The number of thiazole rings is 1. The predicted molar refractivity (Wildman–Crippen MR) is 71.0 cm³/mol. The minimum atomic E-state index is 0.164. The number of hydrogen-bond donors (Lipinski definition) is 0. The molecule has 0 fully saturated rings. The highest BCUT2D eigenvalue weighted by Gasteiger charge is 2.22. The van der Waals surface area contributed by atoms with Crippen molar-refractivity contribution in [3.05, 3.63) is 40.2 Å². The second-order valence-electron chi connectivity index (χ2n) is 5.03. The van der Waals surface area contributed by atoms with Crippen molar-refractivity contribution in [2.24, 2.45) is 0 Å². The van der Waals surface area contributed by atoms with Crippen molar-refractivity contribution in [3.8, 4) is 11.3 Å². The highest BCUT2D eigenvalue weighted by atomic mass is 32.1. The number of aromatic nitrogens is 1. The lowest BCUT2D eigenvalue weighted by Crippen LogP contribution is -2.10. The van der Waals surface area contributed by atoms with Gasteiger partial charge < -0.3 is 0 Å². The summed E-state index contributed by atoms with van der Waals surface area (Å²) >= 11 is 1.81. The van der Waals surface area contributed by atoms with Crippen LogP contribution < -0.4 is 0 Å². The minimum Gasteiger partial charge on any atom is -0.241 e. The van der Waals surface area contributed by atoms with Crippen LogP contribution in [0.25, 0.3) is 11.3 Å². The van der Waals surface area contributed by atoms with E-state index in [0.29, 0.717) is 0 Å². The van der Waals surface area contributed by atoms with Gasteiger partial charge in [0.05, 0.1) is 10.7 Å². The molecule has 0 bridgehead atoms. The van der Waals surface area contributed by atoms with E-state index in [9.17, 15) is 0 Å². The number of rotatable bonds is 1. The van der Waals surface area contributed by atoms with E-state index in [1.807, 2.05) is 6.07 Å². The number of hydrogen-bond acceptors (Lipinski definition) is 2. The summed E-state index contributed by atoms with van der Waals surface area (Å²) in [5, 5.41) is 1.14. The molecule has 1 aromatic carbocycles. The average molecular weight is 231 g/mol. The Labute approximate surface area is 101 Å². The molecule has 0 spiro atoms. The number of aryl methyl sites for hydroxylation is 1. The molecule has 0 radical (unpaired) electrons. The van der Waals surface area contributed by atoms with Crippen LogP contribution in [0.4, 0.5) is 0 Å². The molecule has 0 amide bonds. The summed E-state index contributed by atoms with van der Waals surface area (Å²) in [5.41, 5.74) is 2.53. The first-order valence-electron chi connectivity index (χ1n) is 5.52. The van der Waals surface area contributed by atoms with Gasteiger partial charge in [0, 0.05) is 10.4 Å². The lowest BCUT2D eigenvalue weighted by Gasteiger charge is -2.17. The van der Waals surface area contributed by atoms with Crippen molar-refractivity contribution in [2.75, 3.05) is 0 Å². The zero-order valence-electron chi connectivity index (χ0n) is 10.2. The monoisotopic (exact) mass is 231 g/mol. The van der Waals surface area contributed by atoms with Crippen LogP contribution in [-0.2, 0) is 5.41 Å². The molecule has 1 heterocycles. The first-order valence-corrected chi connectivity index (χ1v) is 6.33. The van der Waals surface area contributed by atoms with Crippen LogP contribution in [0.15, 0.2) is 30.3 Å². The zero-order valence-corrected chi connectivity index (χ0v) is 11.1. The molecule has 0 N–H and O–H groups in total. The quantitative estimate of drug-likeness (QED) is 0.708. The maximum atomic E-state index is 4.67. The lowest BCUT2D eigenvalue weighted by atomic mass is 9.91. The molecule has 0 unspecified atom stereocenters. The van der Waals surface area contributed by atoms with Crippen molar-refractivity contribution in [2.45, 2.75) is 33.1 Å². The summed E-state index contributed by atoms with van der Waals surface area (Å²) in [7, 11) is 0. The highest BCUT2D eigenvalue weighted by Crippen LogP contribution is 2.36. The van der Waals surface area contributed by atoms with Crippen LogP contribution in [0.3, 0.4) is 0 Å². The van der Waals surface area contributed by atoms with Crippen LogP contribution in [0.5, 0.6) is 0 Å². The largest absolute Gasteiger partial charge is 0.241 e. The molecule has 2 heteroatoms. The van der Waals surface area contributed by atoms with E-state index in [4.69, 9.17) is 0 Å². The second-order valence-corrected chi connectivity index (χ2v) is 6.23. The van der Waals surface area contributed by atoms with Crippen molar-refractivity contribution in [1.82, 2.24) is 4.98 Å². The van der Waals surface area contributed by atoms with Gasteiger partial charge in [-0.2, -0.15) is 0 Å². The first kappa shape index (κ1) is 11.3. The molecule has 16 heavy (non-hydrogen) atoms. The molecule has 1 nitrogen and oxygen atoms in total. The van der Waals surface area contributed by atoms with Gasteiger partial charge in [-0.25, -0.2) is 4.98 Å². The molecule has 2 rings (SSSR count). The van der Waals surface area contributed by atoms with Crippen LogP contribution in [0.1, 0.15) is 30.7 Å². The summed E-state index contributed by atoms with van der Waals surface area (Å²) in [5.74, 6) is 0. The van der Waals surface area contributed by atoms with Gasteiger partial charge in [0.15, 0.2) is 0 Å². The van der Waals surface area contributed by atoms with Crippen LogP contribution >= 0.6 is 11.3 Å². The van der Waals surface area contributed by atoms with Gasteiger partial charge in [-0.15, -0.1) is 11.3 Å². The molecule has 0 aliphatic heterocycles. The van der Waals surface area contributed by atoms with Crippen LogP contribution in [-0.4, -0.2) is 4.98 Å². The summed E-state index contributed by atoms with van der Waals surface area (Å²) in [6.07, 6.45) is 0.